The summed E-state index contributed by atoms with van der Waals surface area (Å²) in [5.74, 6) is 1.05. The van der Waals surface area contributed by atoms with E-state index in [9.17, 15) is 0 Å². The topological polar surface area (TPSA) is 47.1 Å². The number of aryl methyl sites for hydroxylation is 1. The average molecular weight is 320 g/mol. The Morgan fingerprint density at radius 1 is 1.12 bits per heavy atom. The summed E-state index contributed by atoms with van der Waals surface area (Å²) in [7, 11) is 0. The van der Waals surface area contributed by atoms with Gasteiger partial charge in [0.1, 0.15) is 0 Å². The Labute approximate surface area is 142 Å². The lowest BCUT2D eigenvalue weighted by Crippen LogP contribution is -2.44. The molecule has 0 saturated carbocycles. The molecule has 1 atom stereocenters. The van der Waals surface area contributed by atoms with E-state index >= 15 is 0 Å². The molecule has 2 N–H and O–H groups in total. The Kier molecular flexibility index (Phi) is 3.98. The minimum atomic E-state index is 0.242. The van der Waals surface area contributed by atoms with Gasteiger partial charge in [-0.1, -0.05) is 42.0 Å². The molecular weight excluding hydrogens is 296 g/mol. The second-order valence-electron chi connectivity index (χ2n) is 6.82. The molecular formula is C20H24N4. The number of fused-ring (bicyclic) bond motifs is 1. The summed E-state index contributed by atoms with van der Waals surface area (Å²) >= 11 is 0. The molecule has 4 rings (SSSR count). The second-order valence-corrected chi connectivity index (χ2v) is 6.82. The number of anilines is 1. The molecule has 1 unspecified atom stereocenters. The first kappa shape index (κ1) is 15.2. The van der Waals surface area contributed by atoms with Gasteiger partial charge < -0.3 is 15.2 Å². The average Bonchev–Trinajstić information content (AvgIpc) is 2.96. The van der Waals surface area contributed by atoms with Gasteiger partial charge in [-0.25, -0.2) is 4.98 Å². The number of rotatable bonds is 3. The Hall–Kier alpha value is -2.33. The van der Waals surface area contributed by atoms with Crippen molar-refractivity contribution >= 4 is 17.0 Å². The summed E-state index contributed by atoms with van der Waals surface area (Å²) in [5, 5.41) is 0. The van der Waals surface area contributed by atoms with Gasteiger partial charge in [0, 0.05) is 19.1 Å². The minimum Gasteiger partial charge on any atom is -0.341 e. The van der Waals surface area contributed by atoms with Crippen LogP contribution in [0.5, 0.6) is 0 Å². The maximum absolute atomic E-state index is 6.20. The molecule has 1 aliphatic rings. The Bertz CT molecular complexity index is 834. The van der Waals surface area contributed by atoms with Crippen LogP contribution in [0.25, 0.3) is 11.0 Å². The van der Waals surface area contributed by atoms with E-state index in [1.54, 1.807) is 0 Å². The summed E-state index contributed by atoms with van der Waals surface area (Å²) in [4.78, 5) is 7.27. The van der Waals surface area contributed by atoms with E-state index < -0.39 is 0 Å². The van der Waals surface area contributed by atoms with E-state index in [0.29, 0.717) is 0 Å². The van der Waals surface area contributed by atoms with Crippen LogP contribution in [-0.4, -0.2) is 28.7 Å². The van der Waals surface area contributed by atoms with Gasteiger partial charge in [0.05, 0.1) is 17.6 Å². The zero-order valence-electron chi connectivity index (χ0n) is 14.2. The van der Waals surface area contributed by atoms with E-state index in [-0.39, 0.29) is 6.04 Å². The highest BCUT2D eigenvalue weighted by Gasteiger charge is 2.22. The predicted molar refractivity (Wildman–Crippen MR) is 99.4 cm³/mol. The van der Waals surface area contributed by atoms with Crippen LogP contribution in [0, 0.1) is 6.92 Å². The maximum atomic E-state index is 6.20. The van der Waals surface area contributed by atoms with Crippen molar-refractivity contribution in [1.82, 2.24) is 9.55 Å². The van der Waals surface area contributed by atoms with Crippen LogP contribution in [0.2, 0.25) is 0 Å². The molecule has 2 aromatic carbocycles. The predicted octanol–water partition coefficient (Wildman–Crippen LogP) is 3.32. The molecule has 0 bridgehead atoms. The van der Waals surface area contributed by atoms with Crippen LogP contribution in [-0.2, 0) is 6.54 Å². The van der Waals surface area contributed by atoms with Crippen molar-refractivity contribution < 1.29 is 0 Å². The maximum Gasteiger partial charge on any atom is 0.206 e. The third-order valence-electron chi connectivity index (χ3n) is 4.84. The van der Waals surface area contributed by atoms with Crippen molar-refractivity contribution in [3.05, 3.63) is 59.7 Å². The molecule has 0 aliphatic carbocycles. The van der Waals surface area contributed by atoms with E-state index in [0.717, 1.165) is 43.9 Å². The number of aromatic nitrogens is 2. The first-order chi connectivity index (χ1) is 11.7. The van der Waals surface area contributed by atoms with E-state index in [4.69, 9.17) is 10.7 Å². The summed E-state index contributed by atoms with van der Waals surface area (Å²) in [6, 6.07) is 17.4. The van der Waals surface area contributed by atoms with Crippen molar-refractivity contribution in [1.29, 1.82) is 0 Å². The molecule has 3 aromatic rings. The SMILES string of the molecule is Cc1ccc(Cn2c(N3CCCC(N)C3)nc3ccccc32)cc1. The van der Waals surface area contributed by atoms with Crippen molar-refractivity contribution in [2.24, 2.45) is 5.73 Å². The highest BCUT2D eigenvalue weighted by molar-refractivity contribution is 5.79. The van der Waals surface area contributed by atoms with E-state index in [1.807, 2.05) is 0 Å². The molecule has 1 saturated heterocycles. The van der Waals surface area contributed by atoms with Gasteiger partial charge >= 0.3 is 0 Å². The van der Waals surface area contributed by atoms with Crippen LogP contribution in [0.4, 0.5) is 5.95 Å². The highest BCUT2D eigenvalue weighted by atomic mass is 15.3. The molecule has 1 aliphatic heterocycles. The monoisotopic (exact) mass is 320 g/mol. The molecule has 0 radical (unpaired) electrons. The number of piperidine rings is 1. The molecule has 0 amide bonds. The number of hydrogen-bond acceptors (Lipinski definition) is 3. The second kappa shape index (κ2) is 6.29. The molecule has 24 heavy (non-hydrogen) atoms. The number of nitrogens with two attached hydrogens (primary N) is 1. The van der Waals surface area contributed by atoms with Gasteiger partial charge in [0.15, 0.2) is 0 Å². The Balaban J connectivity index is 1.76. The minimum absolute atomic E-state index is 0.242. The van der Waals surface area contributed by atoms with Crippen LogP contribution in [0.15, 0.2) is 48.5 Å². The van der Waals surface area contributed by atoms with Crippen molar-refractivity contribution in [2.45, 2.75) is 32.4 Å². The standard InChI is InChI=1S/C20H24N4/c1-15-8-10-16(11-9-15)13-24-19-7-3-2-6-18(19)22-20(24)23-12-4-5-17(21)14-23/h2-3,6-11,17H,4-5,12-14,21H2,1H3. The molecule has 0 spiro atoms. The van der Waals surface area contributed by atoms with Gasteiger partial charge in [-0.15, -0.1) is 0 Å². The lowest BCUT2D eigenvalue weighted by atomic mass is 10.1. The van der Waals surface area contributed by atoms with Crippen molar-refractivity contribution in [2.75, 3.05) is 18.0 Å². The molecule has 124 valence electrons. The molecule has 4 heteroatoms. The third kappa shape index (κ3) is 2.89. The lowest BCUT2D eigenvalue weighted by Gasteiger charge is -2.32. The number of imidazole rings is 1. The van der Waals surface area contributed by atoms with Gasteiger partial charge in [-0.05, 0) is 37.5 Å². The normalized spacial score (nSPS) is 18.2. The fraction of sp³-hybridized carbons (Fsp3) is 0.350. The van der Waals surface area contributed by atoms with Crippen LogP contribution in [0.1, 0.15) is 24.0 Å². The van der Waals surface area contributed by atoms with E-state index in [2.05, 4.69) is 64.9 Å². The zero-order valence-corrected chi connectivity index (χ0v) is 14.2. The molecule has 1 fully saturated rings. The first-order valence-corrected chi connectivity index (χ1v) is 8.72. The van der Waals surface area contributed by atoms with Gasteiger partial charge in [0.2, 0.25) is 5.95 Å². The molecule has 4 nitrogen and oxygen atoms in total. The van der Waals surface area contributed by atoms with Crippen LogP contribution in [0.3, 0.4) is 0 Å². The van der Waals surface area contributed by atoms with Gasteiger partial charge in [0.25, 0.3) is 0 Å². The van der Waals surface area contributed by atoms with E-state index in [1.165, 1.54) is 16.6 Å². The molecule has 2 heterocycles. The summed E-state index contributed by atoms with van der Waals surface area (Å²) in [5.41, 5.74) is 11.0. The number of benzene rings is 2. The number of nitrogens with zero attached hydrogens (tertiary/aromatic N) is 3. The first-order valence-electron chi connectivity index (χ1n) is 8.72. The number of para-hydroxylation sites is 2. The van der Waals surface area contributed by atoms with Gasteiger partial charge in [-0.2, -0.15) is 0 Å². The lowest BCUT2D eigenvalue weighted by molar-refractivity contribution is 0.495. The number of hydrogen-bond donors (Lipinski definition) is 1. The summed E-state index contributed by atoms with van der Waals surface area (Å²) in [6.07, 6.45) is 2.24. The fourth-order valence-electron chi connectivity index (χ4n) is 3.53. The Morgan fingerprint density at radius 3 is 2.71 bits per heavy atom. The largest absolute Gasteiger partial charge is 0.341 e. The molecule has 1 aromatic heterocycles. The summed E-state index contributed by atoms with van der Waals surface area (Å²) in [6.45, 7) is 4.88. The third-order valence-corrected chi connectivity index (χ3v) is 4.84. The van der Waals surface area contributed by atoms with Crippen molar-refractivity contribution in [3.63, 3.8) is 0 Å². The van der Waals surface area contributed by atoms with Crippen molar-refractivity contribution in [3.8, 4) is 0 Å². The van der Waals surface area contributed by atoms with Crippen LogP contribution < -0.4 is 10.6 Å². The quantitative estimate of drug-likeness (QED) is 0.805. The smallest absolute Gasteiger partial charge is 0.206 e. The highest BCUT2D eigenvalue weighted by Crippen LogP contribution is 2.26. The Morgan fingerprint density at radius 2 is 1.92 bits per heavy atom. The van der Waals surface area contributed by atoms with Crippen LogP contribution >= 0.6 is 0 Å². The summed E-state index contributed by atoms with van der Waals surface area (Å²) < 4.78 is 2.33. The fourth-order valence-corrected chi connectivity index (χ4v) is 3.53. The zero-order chi connectivity index (χ0) is 16.5. The van der Waals surface area contributed by atoms with Gasteiger partial charge in [-0.3, -0.25) is 0 Å².